The summed E-state index contributed by atoms with van der Waals surface area (Å²) < 4.78 is 5.32. The van der Waals surface area contributed by atoms with Crippen molar-refractivity contribution in [1.29, 1.82) is 0 Å². The molecule has 1 unspecified atom stereocenters. The Bertz CT molecular complexity index is 259. The fraction of sp³-hybridized carbons (Fsp3) is 0.933. The van der Waals surface area contributed by atoms with E-state index in [1.807, 2.05) is 6.92 Å². The van der Waals surface area contributed by atoms with E-state index in [0.717, 1.165) is 56.2 Å². The number of ether oxygens (including phenoxy) is 1. The van der Waals surface area contributed by atoms with Crippen LogP contribution in [0.3, 0.4) is 0 Å². The number of thiocarbonyl (C=S) groups is 1. The molecule has 0 aromatic carbocycles. The van der Waals surface area contributed by atoms with E-state index in [1.54, 1.807) is 0 Å². The average Bonchev–Trinajstić information content (AvgIpc) is 2.64. The van der Waals surface area contributed by atoms with Crippen molar-refractivity contribution in [2.24, 2.45) is 11.8 Å². The quantitative estimate of drug-likeness (QED) is 0.599. The maximum atomic E-state index is 5.49. The molecule has 1 N–H and O–H groups in total. The molecule has 1 aliphatic heterocycles. The van der Waals surface area contributed by atoms with Gasteiger partial charge in [0.15, 0.2) is 5.11 Å². The highest BCUT2D eigenvalue weighted by atomic mass is 32.1. The van der Waals surface area contributed by atoms with Gasteiger partial charge in [0, 0.05) is 32.8 Å². The second-order valence-electron chi connectivity index (χ2n) is 5.70. The Balaban J connectivity index is 2.21. The van der Waals surface area contributed by atoms with Gasteiger partial charge in [-0.25, -0.2) is 0 Å². The van der Waals surface area contributed by atoms with Gasteiger partial charge in [0.2, 0.25) is 0 Å². The molecule has 0 aromatic rings. The maximum absolute atomic E-state index is 5.49. The molecule has 1 atom stereocenters. The van der Waals surface area contributed by atoms with Crippen LogP contribution < -0.4 is 5.32 Å². The first-order valence-electron chi connectivity index (χ1n) is 7.75. The number of rotatable bonds is 6. The minimum atomic E-state index is 0.799. The normalized spacial score (nSPS) is 20.4. The van der Waals surface area contributed by atoms with E-state index in [1.165, 1.54) is 19.3 Å². The van der Waals surface area contributed by atoms with E-state index in [-0.39, 0.29) is 0 Å². The zero-order valence-corrected chi connectivity index (χ0v) is 13.6. The van der Waals surface area contributed by atoms with Crippen molar-refractivity contribution in [3.63, 3.8) is 0 Å². The van der Waals surface area contributed by atoms with Crippen molar-refractivity contribution in [3.05, 3.63) is 0 Å². The molecule has 112 valence electrons. The maximum Gasteiger partial charge on any atom is 0.168 e. The van der Waals surface area contributed by atoms with Gasteiger partial charge in [-0.2, -0.15) is 0 Å². The fourth-order valence-corrected chi connectivity index (χ4v) is 2.90. The van der Waals surface area contributed by atoms with Crippen LogP contribution in [0.4, 0.5) is 0 Å². The van der Waals surface area contributed by atoms with Crippen LogP contribution in [0, 0.1) is 11.8 Å². The summed E-state index contributed by atoms with van der Waals surface area (Å²) in [4.78, 5) is 2.35. The number of nitrogens with zero attached hydrogens (tertiary/aromatic N) is 1. The van der Waals surface area contributed by atoms with Gasteiger partial charge in [-0.3, -0.25) is 0 Å². The summed E-state index contributed by atoms with van der Waals surface area (Å²) in [7, 11) is 0. The molecule has 0 aromatic heterocycles. The predicted molar refractivity (Wildman–Crippen MR) is 85.5 cm³/mol. The van der Waals surface area contributed by atoms with Crippen LogP contribution in [0.15, 0.2) is 0 Å². The number of likely N-dealkylation sites (tertiary alicyclic amines) is 1. The molecule has 0 bridgehead atoms. The average molecular weight is 286 g/mol. The minimum Gasteiger partial charge on any atom is -0.382 e. The van der Waals surface area contributed by atoms with Gasteiger partial charge in [-0.1, -0.05) is 13.8 Å². The van der Waals surface area contributed by atoms with E-state index in [2.05, 4.69) is 24.1 Å². The Morgan fingerprint density at radius 3 is 2.84 bits per heavy atom. The Morgan fingerprint density at radius 1 is 1.37 bits per heavy atom. The summed E-state index contributed by atoms with van der Waals surface area (Å²) in [6, 6.07) is 0. The van der Waals surface area contributed by atoms with Crippen LogP contribution in [-0.4, -0.2) is 42.9 Å². The molecule has 4 heteroatoms. The molecule has 1 rings (SSSR count). The summed E-state index contributed by atoms with van der Waals surface area (Å²) in [5.74, 6) is 1.67. The molecule has 0 spiro atoms. The van der Waals surface area contributed by atoms with Gasteiger partial charge in [-0.05, 0) is 56.7 Å². The van der Waals surface area contributed by atoms with Gasteiger partial charge >= 0.3 is 0 Å². The van der Waals surface area contributed by atoms with Crippen LogP contribution in [0.5, 0.6) is 0 Å². The van der Waals surface area contributed by atoms with Crippen molar-refractivity contribution < 1.29 is 4.74 Å². The van der Waals surface area contributed by atoms with Crippen molar-refractivity contribution in [2.75, 3.05) is 32.8 Å². The summed E-state index contributed by atoms with van der Waals surface area (Å²) in [5, 5.41) is 4.29. The Morgan fingerprint density at radius 2 is 2.16 bits per heavy atom. The van der Waals surface area contributed by atoms with Crippen molar-refractivity contribution in [1.82, 2.24) is 10.2 Å². The molecule has 1 aliphatic rings. The molecule has 3 nitrogen and oxygen atoms in total. The van der Waals surface area contributed by atoms with E-state index < -0.39 is 0 Å². The van der Waals surface area contributed by atoms with Gasteiger partial charge in [-0.15, -0.1) is 0 Å². The molecular weight excluding hydrogens is 256 g/mol. The lowest BCUT2D eigenvalue weighted by Gasteiger charge is -2.24. The third kappa shape index (κ3) is 6.57. The monoisotopic (exact) mass is 286 g/mol. The number of hydrogen-bond donors (Lipinski definition) is 1. The summed E-state index contributed by atoms with van der Waals surface area (Å²) in [5.41, 5.74) is 0. The standard InChI is InChI=1S/C15H30N2OS/c1-4-18-12-6-9-16-15(19)17-10-5-7-14(8-11-17)13(2)3/h13-14H,4-12H2,1-3H3,(H,16,19). The molecular formula is C15H30N2OS. The van der Waals surface area contributed by atoms with Crippen LogP contribution in [0.2, 0.25) is 0 Å². The lowest BCUT2D eigenvalue weighted by Crippen LogP contribution is -2.40. The van der Waals surface area contributed by atoms with Crippen LogP contribution in [-0.2, 0) is 4.74 Å². The molecule has 0 aliphatic carbocycles. The second-order valence-corrected chi connectivity index (χ2v) is 6.09. The zero-order valence-electron chi connectivity index (χ0n) is 12.8. The molecule has 0 saturated carbocycles. The zero-order chi connectivity index (χ0) is 14.1. The van der Waals surface area contributed by atoms with E-state index in [4.69, 9.17) is 17.0 Å². The van der Waals surface area contributed by atoms with Gasteiger partial charge in [0.25, 0.3) is 0 Å². The van der Waals surface area contributed by atoms with Crippen LogP contribution >= 0.6 is 12.2 Å². The van der Waals surface area contributed by atoms with E-state index in [0.29, 0.717) is 0 Å². The fourth-order valence-electron chi connectivity index (χ4n) is 2.62. The molecule has 0 amide bonds. The summed E-state index contributed by atoms with van der Waals surface area (Å²) in [6.07, 6.45) is 4.92. The van der Waals surface area contributed by atoms with Gasteiger partial charge < -0.3 is 15.0 Å². The van der Waals surface area contributed by atoms with E-state index in [9.17, 15) is 0 Å². The lowest BCUT2D eigenvalue weighted by molar-refractivity contribution is 0.145. The second kappa shape index (κ2) is 9.54. The van der Waals surface area contributed by atoms with Gasteiger partial charge in [0.05, 0.1) is 0 Å². The summed E-state index contributed by atoms with van der Waals surface area (Å²) >= 11 is 5.49. The highest BCUT2D eigenvalue weighted by Crippen LogP contribution is 2.24. The van der Waals surface area contributed by atoms with Crippen LogP contribution in [0.1, 0.15) is 46.5 Å². The van der Waals surface area contributed by atoms with Crippen LogP contribution in [0.25, 0.3) is 0 Å². The largest absolute Gasteiger partial charge is 0.382 e. The number of nitrogens with one attached hydrogen (secondary N) is 1. The highest BCUT2D eigenvalue weighted by Gasteiger charge is 2.20. The first-order chi connectivity index (χ1) is 9.15. The minimum absolute atomic E-state index is 0.799. The SMILES string of the molecule is CCOCCCNC(=S)N1CCCC(C(C)C)CC1. The third-order valence-electron chi connectivity index (χ3n) is 3.95. The van der Waals surface area contributed by atoms with Crippen molar-refractivity contribution >= 4 is 17.3 Å². The first kappa shape index (κ1) is 16.7. The van der Waals surface area contributed by atoms with Gasteiger partial charge in [0.1, 0.15) is 0 Å². The molecule has 0 radical (unpaired) electrons. The Hall–Kier alpha value is -0.350. The van der Waals surface area contributed by atoms with E-state index >= 15 is 0 Å². The smallest absolute Gasteiger partial charge is 0.168 e. The number of hydrogen-bond acceptors (Lipinski definition) is 2. The topological polar surface area (TPSA) is 24.5 Å². The van der Waals surface area contributed by atoms with Crippen molar-refractivity contribution in [2.45, 2.75) is 46.5 Å². The Kier molecular flexibility index (Phi) is 8.38. The molecule has 1 heterocycles. The first-order valence-corrected chi connectivity index (χ1v) is 8.16. The molecule has 1 saturated heterocycles. The third-order valence-corrected chi connectivity index (χ3v) is 4.35. The lowest BCUT2D eigenvalue weighted by atomic mass is 9.89. The summed E-state index contributed by atoms with van der Waals surface area (Å²) in [6.45, 7) is 11.5. The predicted octanol–water partition coefficient (Wildman–Crippen LogP) is 3.05. The Labute approximate surface area is 124 Å². The highest BCUT2D eigenvalue weighted by molar-refractivity contribution is 7.80. The molecule has 1 fully saturated rings. The molecule has 19 heavy (non-hydrogen) atoms. The van der Waals surface area contributed by atoms with Crippen molar-refractivity contribution in [3.8, 4) is 0 Å².